The maximum Gasteiger partial charge on any atom is 0.288 e. The molecule has 0 unspecified atom stereocenters. The second-order valence-corrected chi connectivity index (χ2v) is 5.36. The Kier molecular flexibility index (Phi) is 5.53. The molecule has 0 fully saturated rings. The monoisotopic (exact) mass is 377 g/mol. The molecule has 0 bridgehead atoms. The number of allylic oxidation sites excluding steroid dienone is 1. The number of carbonyl (C=O) groups excluding carboxylic acids is 1. The minimum absolute atomic E-state index is 0.0132. The number of nitro benzene ring substituents is 2. The second kappa shape index (κ2) is 7.62. The lowest BCUT2D eigenvalue weighted by Crippen LogP contribution is -2.01. The summed E-state index contributed by atoms with van der Waals surface area (Å²) in [6.07, 6.45) is 2.30. The van der Waals surface area contributed by atoms with Gasteiger partial charge in [0.15, 0.2) is 5.78 Å². The molecule has 134 valence electrons. The molecule has 2 rings (SSSR count). The molecule has 26 heavy (non-hydrogen) atoms. The van der Waals surface area contributed by atoms with Crippen LogP contribution in [0.1, 0.15) is 15.9 Å². The van der Waals surface area contributed by atoms with Gasteiger partial charge in [0.2, 0.25) is 0 Å². The highest BCUT2D eigenvalue weighted by atomic mass is 35.5. The first-order chi connectivity index (χ1) is 12.2. The Morgan fingerprint density at radius 2 is 1.77 bits per heavy atom. The highest BCUT2D eigenvalue weighted by molar-refractivity contribution is 6.32. The van der Waals surface area contributed by atoms with Crippen LogP contribution in [0.3, 0.4) is 0 Å². The molecule has 0 aliphatic rings. The fourth-order valence-electron chi connectivity index (χ4n) is 2.07. The van der Waals surface area contributed by atoms with Crippen LogP contribution in [0.25, 0.3) is 6.08 Å². The van der Waals surface area contributed by atoms with Crippen LogP contribution >= 0.6 is 11.6 Å². The summed E-state index contributed by atoms with van der Waals surface area (Å²) in [6.45, 7) is 0. The van der Waals surface area contributed by atoms with Crippen LogP contribution in [0, 0.1) is 20.2 Å². The van der Waals surface area contributed by atoms with E-state index in [1.165, 1.54) is 31.4 Å². The Bertz CT molecular complexity index is 940. The minimum Gasteiger partial charge on any atom is -0.865 e. The van der Waals surface area contributed by atoms with Crippen molar-refractivity contribution >= 4 is 34.8 Å². The molecule has 10 heteroatoms. The second-order valence-electron chi connectivity index (χ2n) is 4.95. The Morgan fingerprint density at radius 1 is 1.12 bits per heavy atom. The Morgan fingerprint density at radius 3 is 2.35 bits per heavy atom. The van der Waals surface area contributed by atoms with Crippen LogP contribution in [0.4, 0.5) is 11.4 Å². The third-order valence-corrected chi connectivity index (χ3v) is 3.65. The highest BCUT2D eigenvalue weighted by Gasteiger charge is 2.16. The summed E-state index contributed by atoms with van der Waals surface area (Å²) in [4.78, 5) is 32.4. The van der Waals surface area contributed by atoms with Gasteiger partial charge in [0.25, 0.3) is 11.4 Å². The van der Waals surface area contributed by atoms with Gasteiger partial charge in [0, 0.05) is 23.4 Å². The lowest BCUT2D eigenvalue weighted by molar-refractivity contribution is -0.398. The smallest absolute Gasteiger partial charge is 0.288 e. The van der Waals surface area contributed by atoms with Crippen molar-refractivity contribution in [3.8, 4) is 11.5 Å². The SMILES string of the molecule is COc1cc(/C=C/C(=O)c2ccc(Cl)c([N+](=O)[O-])c2)cc([N+](=O)[O-])c1[O-]. The number of nitrogens with zero attached hydrogens (tertiary/aromatic N) is 2. The molecule has 0 aliphatic carbocycles. The molecule has 0 saturated heterocycles. The van der Waals surface area contributed by atoms with E-state index >= 15 is 0 Å². The number of nitro groups is 2. The number of benzene rings is 2. The van der Waals surface area contributed by atoms with Gasteiger partial charge >= 0.3 is 0 Å². The summed E-state index contributed by atoms with van der Waals surface area (Å²) in [5, 5.41) is 33.4. The fraction of sp³-hybridized carbons (Fsp3) is 0.0625. The molecule has 0 saturated carbocycles. The zero-order chi connectivity index (χ0) is 19.4. The van der Waals surface area contributed by atoms with Gasteiger partial charge in [-0.3, -0.25) is 25.0 Å². The predicted molar refractivity (Wildman–Crippen MR) is 90.6 cm³/mol. The van der Waals surface area contributed by atoms with E-state index in [4.69, 9.17) is 16.3 Å². The lowest BCUT2D eigenvalue weighted by Gasteiger charge is -2.13. The van der Waals surface area contributed by atoms with Crippen molar-refractivity contribution in [2.24, 2.45) is 0 Å². The first-order valence-corrected chi connectivity index (χ1v) is 7.32. The van der Waals surface area contributed by atoms with Crippen LogP contribution in [-0.4, -0.2) is 22.7 Å². The van der Waals surface area contributed by atoms with E-state index in [-0.39, 0.29) is 21.9 Å². The van der Waals surface area contributed by atoms with Crippen molar-refractivity contribution in [2.75, 3.05) is 7.11 Å². The predicted octanol–water partition coefficient (Wildman–Crippen LogP) is 3.13. The summed E-state index contributed by atoms with van der Waals surface area (Å²) >= 11 is 5.69. The third-order valence-electron chi connectivity index (χ3n) is 3.33. The Hall–Kier alpha value is -3.46. The molecule has 0 radical (unpaired) electrons. The topological polar surface area (TPSA) is 136 Å². The average Bonchev–Trinajstić information content (AvgIpc) is 2.60. The first kappa shape index (κ1) is 18.9. The molecule has 0 aliphatic heterocycles. The molecular formula is C16H10ClN2O7-. The molecule has 0 atom stereocenters. The molecule has 0 N–H and O–H groups in total. The van der Waals surface area contributed by atoms with Gasteiger partial charge in [0.05, 0.1) is 17.0 Å². The van der Waals surface area contributed by atoms with E-state index in [2.05, 4.69) is 0 Å². The fourth-order valence-corrected chi connectivity index (χ4v) is 2.25. The normalized spacial score (nSPS) is 10.7. The highest BCUT2D eigenvalue weighted by Crippen LogP contribution is 2.35. The first-order valence-electron chi connectivity index (χ1n) is 6.94. The maximum atomic E-state index is 12.2. The van der Waals surface area contributed by atoms with Gasteiger partial charge in [-0.05, 0) is 29.8 Å². The molecule has 0 spiro atoms. The number of hydrogen-bond donors (Lipinski definition) is 0. The van der Waals surface area contributed by atoms with Crippen LogP contribution in [0.2, 0.25) is 5.02 Å². The summed E-state index contributed by atoms with van der Waals surface area (Å²) in [6, 6.07) is 5.80. The number of halogens is 1. The number of hydrogen-bond acceptors (Lipinski definition) is 7. The van der Waals surface area contributed by atoms with Gasteiger partial charge < -0.3 is 9.84 Å². The average molecular weight is 378 g/mol. The Balaban J connectivity index is 2.36. The minimum atomic E-state index is -0.880. The van der Waals surface area contributed by atoms with E-state index in [1.54, 1.807) is 0 Å². The van der Waals surface area contributed by atoms with Crippen molar-refractivity contribution in [2.45, 2.75) is 0 Å². The lowest BCUT2D eigenvalue weighted by atomic mass is 10.1. The van der Waals surface area contributed by atoms with Crippen molar-refractivity contribution in [3.63, 3.8) is 0 Å². The molecule has 9 nitrogen and oxygen atoms in total. The molecule has 0 aromatic heterocycles. The van der Waals surface area contributed by atoms with Crippen LogP contribution in [-0.2, 0) is 0 Å². The Labute approximate surface area is 151 Å². The summed E-state index contributed by atoms with van der Waals surface area (Å²) in [5.41, 5.74) is -0.915. The van der Waals surface area contributed by atoms with Crippen molar-refractivity contribution in [1.29, 1.82) is 0 Å². The number of carbonyl (C=O) groups is 1. The van der Waals surface area contributed by atoms with E-state index in [9.17, 15) is 30.1 Å². The van der Waals surface area contributed by atoms with Gasteiger partial charge in [-0.1, -0.05) is 17.7 Å². The van der Waals surface area contributed by atoms with Crippen molar-refractivity contribution < 1.29 is 24.5 Å². The summed E-state index contributed by atoms with van der Waals surface area (Å²) in [7, 11) is 1.19. The quantitative estimate of drug-likeness (QED) is 0.326. The summed E-state index contributed by atoms with van der Waals surface area (Å²) < 4.78 is 4.80. The number of rotatable bonds is 6. The zero-order valence-corrected chi connectivity index (χ0v) is 13.9. The van der Waals surface area contributed by atoms with Gasteiger partial charge in [-0.15, -0.1) is 0 Å². The number of methoxy groups -OCH3 is 1. The molecule has 2 aromatic rings. The van der Waals surface area contributed by atoms with E-state index in [0.29, 0.717) is 0 Å². The van der Waals surface area contributed by atoms with Crippen molar-refractivity contribution in [3.05, 3.63) is 72.8 Å². The molecule has 0 amide bonds. The van der Waals surface area contributed by atoms with Gasteiger partial charge in [0.1, 0.15) is 10.8 Å². The number of ketones is 1. The molecule has 0 heterocycles. The third kappa shape index (κ3) is 3.95. The van der Waals surface area contributed by atoms with Crippen molar-refractivity contribution in [1.82, 2.24) is 0 Å². The standard InChI is InChI=1S/C16H11ClN2O7/c1-26-15-7-9(6-13(16(15)21)19(24)25)2-5-14(20)10-3-4-11(17)12(8-10)18(22)23/h2-8,21H,1H3/p-1/b5-2+. The largest absolute Gasteiger partial charge is 0.865 e. The number of ether oxygens (including phenoxy) is 1. The maximum absolute atomic E-state index is 12.2. The zero-order valence-electron chi connectivity index (χ0n) is 13.2. The molecular weight excluding hydrogens is 368 g/mol. The van der Waals surface area contributed by atoms with Crippen LogP contribution in [0.15, 0.2) is 36.4 Å². The van der Waals surface area contributed by atoms with Crippen LogP contribution < -0.4 is 9.84 Å². The van der Waals surface area contributed by atoms with Crippen LogP contribution in [0.5, 0.6) is 11.5 Å². The van der Waals surface area contributed by atoms with Gasteiger partial charge in [-0.2, -0.15) is 0 Å². The van der Waals surface area contributed by atoms with E-state index < -0.39 is 32.8 Å². The summed E-state index contributed by atoms with van der Waals surface area (Å²) in [5.74, 6) is -1.71. The van der Waals surface area contributed by atoms with E-state index in [1.807, 2.05) is 0 Å². The van der Waals surface area contributed by atoms with Gasteiger partial charge in [-0.25, -0.2) is 0 Å². The van der Waals surface area contributed by atoms with E-state index in [0.717, 1.165) is 18.2 Å². The molecule has 2 aromatic carbocycles.